The lowest BCUT2D eigenvalue weighted by molar-refractivity contribution is -0.130. The first kappa shape index (κ1) is 22.7. The van der Waals surface area contributed by atoms with Crippen molar-refractivity contribution in [1.82, 2.24) is 10.2 Å². The van der Waals surface area contributed by atoms with Crippen LogP contribution in [0.2, 0.25) is 0 Å². The number of ether oxygens (including phenoxy) is 3. The summed E-state index contributed by atoms with van der Waals surface area (Å²) in [5.74, 6) is 0.564. The number of hydrogen-bond acceptors (Lipinski definition) is 7. The molecule has 1 aliphatic heterocycles. The van der Waals surface area contributed by atoms with Crippen LogP contribution < -0.4 is 19.5 Å². The average Bonchev–Trinajstić information content (AvgIpc) is 3.36. The highest BCUT2D eigenvalue weighted by Gasteiger charge is 2.36. The number of imide groups is 2. The molecule has 1 aliphatic rings. The van der Waals surface area contributed by atoms with Gasteiger partial charge in [0.1, 0.15) is 30.3 Å². The topological polar surface area (TPSA) is 107 Å². The van der Waals surface area contributed by atoms with E-state index < -0.39 is 17.8 Å². The minimum Gasteiger partial charge on any atom is -0.493 e. The molecule has 2 heterocycles. The number of benzene rings is 2. The standard InChI is InChI=1S/C25H22N2O7/c1-31-22-15-17(9-10-21(22)34-13-12-33-18-6-3-2-4-7-18)14-20-23(28)26-25(30)27(24(20)29)16-19-8-5-11-32-19/h2-11,14-15H,12-13,16H2,1H3,(H,26,28,30)/b20-14+. The second-order valence-electron chi connectivity index (χ2n) is 7.21. The number of methoxy groups -OCH3 is 1. The highest BCUT2D eigenvalue weighted by molar-refractivity contribution is 6.30. The number of hydrogen-bond donors (Lipinski definition) is 1. The molecule has 0 bridgehead atoms. The predicted octanol–water partition coefficient (Wildman–Crippen LogP) is 3.41. The molecular formula is C25H22N2O7. The number of carbonyl (C=O) groups is 3. The van der Waals surface area contributed by atoms with Crippen molar-refractivity contribution in [3.63, 3.8) is 0 Å². The molecule has 0 saturated carbocycles. The van der Waals surface area contributed by atoms with Gasteiger partial charge in [0, 0.05) is 0 Å². The van der Waals surface area contributed by atoms with Crippen molar-refractivity contribution in [2.75, 3.05) is 20.3 Å². The van der Waals surface area contributed by atoms with E-state index in [0.29, 0.717) is 29.4 Å². The summed E-state index contributed by atoms with van der Waals surface area (Å²) >= 11 is 0. The number of amides is 4. The fourth-order valence-corrected chi connectivity index (χ4v) is 3.28. The predicted molar refractivity (Wildman–Crippen MR) is 121 cm³/mol. The lowest BCUT2D eigenvalue weighted by atomic mass is 10.1. The second kappa shape index (κ2) is 10.4. The molecule has 1 saturated heterocycles. The molecule has 0 aliphatic carbocycles. The van der Waals surface area contributed by atoms with Gasteiger partial charge in [-0.1, -0.05) is 24.3 Å². The van der Waals surface area contributed by atoms with E-state index in [-0.39, 0.29) is 18.7 Å². The van der Waals surface area contributed by atoms with Crippen LogP contribution in [0.15, 0.2) is 76.9 Å². The largest absolute Gasteiger partial charge is 0.493 e. The van der Waals surface area contributed by atoms with Gasteiger partial charge in [0.2, 0.25) is 0 Å². The van der Waals surface area contributed by atoms with E-state index in [0.717, 1.165) is 10.6 Å². The van der Waals surface area contributed by atoms with Crippen molar-refractivity contribution in [3.05, 3.63) is 83.8 Å². The van der Waals surface area contributed by atoms with E-state index in [1.807, 2.05) is 30.3 Å². The summed E-state index contributed by atoms with van der Waals surface area (Å²) in [6, 6.07) is 16.8. The van der Waals surface area contributed by atoms with Crippen LogP contribution in [0.4, 0.5) is 4.79 Å². The Bertz CT molecular complexity index is 1200. The SMILES string of the molecule is COc1cc(/C=C2\C(=O)NC(=O)N(Cc3ccco3)C2=O)ccc1OCCOc1ccccc1. The third kappa shape index (κ3) is 5.26. The zero-order valence-electron chi connectivity index (χ0n) is 18.4. The van der Waals surface area contributed by atoms with Gasteiger partial charge in [0.25, 0.3) is 11.8 Å². The molecule has 1 aromatic heterocycles. The van der Waals surface area contributed by atoms with Gasteiger partial charge in [0.15, 0.2) is 11.5 Å². The Morgan fingerprint density at radius 2 is 1.74 bits per heavy atom. The van der Waals surface area contributed by atoms with Crippen molar-refractivity contribution in [2.24, 2.45) is 0 Å². The van der Waals surface area contributed by atoms with Crippen LogP contribution in [-0.4, -0.2) is 43.1 Å². The number of carbonyl (C=O) groups excluding carboxylic acids is 3. The molecule has 4 rings (SSSR count). The van der Waals surface area contributed by atoms with Crippen molar-refractivity contribution in [2.45, 2.75) is 6.54 Å². The van der Waals surface area contributed by atoms with Gasteiger partial charge in [-0.2, -0.15) is 0 Å². The van der Waals surface area contributed by atoms with Crippen LogP contribution in [0.5, 0.6) is 17.2 Å². The summed E-state index contributed by atoms with van der Waals surface area (Å²) < 4.78 is 22.0. The maximum Gasteiger partial charge on any atom is 0.331 e. The van der Waals surface area contributed by atoms with Crippen molar-refractivity contribution in [1.29, 1.82) is 0 Å². The molecule has 9 nitrogen and oxygen atoms in total. The van der Waals surface area contributed by atoms with Crippen molar-refractivity contribution >= 4 is 23.9 Å². The van der Waals surface area contributed by atoms with Gasteiger partial charge in [-0.15, -0.1) is 0 Å². The van der Waals surface area contributed by atoms with E-state index in [9.17, 15) is 14.4 Å². The Morgan fingerprint density at radius 3 is 2.47 bits per heavy atom. The molecule has 0 unspecified atom stereocenters. The second-order valence-corrected chi connectivity index (χ2v) is 7.21. The molecule has 174 valence electrons. The van der Waals surface area contributed by atoms with Crippen molar-refractivity contribution < 1.29 is 33.0 Å². The van der Waals surface area contributed by atoms with E-state index >= 15 is 0 Å². The van der Waals surface area contributed by atoms with Gasteiger partial charge in [-0.05, 0) is 48.0 Å². The molecule has 1 N–H and O–H groups in total. The molecule has 4 amide bonds. The van der Waals surface area contributed by atoms with Gasteiger partial charge < -0.3 is 18.6 Å². The van der Waals surface area contributed by atoms with Crippen LogP contribution in [0.25, 0.3) is 6.08 Å². The average molecular weight is 462 g/mol. The molecule has 1 fully saturated rings. The quantitative estimate of drug-likeness (QED) is 0.295. The van der Waals surface area contributed by atoms with Crippen LogP contribution in [0.1, 0.15) is 11.3 Å². The maximum atomic E-state index is 12.9. The zero-order chi connectivity index (χ0) is 23.9. The molecule has 2 aromatic carbocycles. The Kier molecular flexibility index (Phi) is 6.92. The Balaban J connectivity index is 1.45. The molecule has 9 heteroatoms. The molecular weight excluding hydrogens is 440 g/mol. The van der Waals surface area contributed by atoms with Gasteiger partial charge >= 0.3 is 6.03 Å². The summed E-state index contributed by atoms with van der Waals surface area (Å²) in [7, 11) is 1.49. The van der Waals surface area contributed by atoms with E-state index in [1.165, 1.54) is 19.4 Å². The summed E-state index contributed by atoms with van der Waals surface area (Å²) in [6.45, 7) is 0.535. The summed E-state index contributed by atoms with van der Waals surface area (Å²) in [6.07, 6.45) is 2.83. The third-order valence-electron chi connectivity index (χ3n) is 4.93. The number of barbiturate groups is 1. The monoisotopic (exact) mass is 462 g/mol. The smallest absolute Gasteiger partial charge is 0.331 e. The molecule has 34 heavy (non-hydrogen) atoms. The Hall–Kier alpha value is -4.53. The minimum atomic E-state index is -0.803. The molecule has 3 aromatic rings. The van der Waals surface area contributed by atoms with Crippen LogP contribution in [0, 0.1) is 0 Å². The number of rotatable bonds is 9. The highest BCUT2D eigenvalue weighted by Crippen LogP contribution is 2.29. The number of para-hydroxylation sites is 1. The fourth-order valence-electron chi connectivity index (χ4n) is 3.28. The highest BCUT2D eigenvalue weighted by atomic mass is 16.5. The van der Waals surface area contributed by atoms with Crippen molar-refractivity contribution in [3.8, 4) is 17.2 Å². The van der Waals surface area contributed by atoms with Crippen LogP contribution in [-0.2, 0) is 16.1 Å². The van der Waals surface area contributed by atoms with E-state index in [2.05, 4.69) is 5.32 Å². The normalized spacial score (nSPS) is 14.8. The lowest BCUT2D eigenvalue weighted by Gasteiger charge is -2.25. The first-order valence-corrected chi connectivity index (χ1v) is 10.4. The maximum absolute atomic E-state index is 12.9. The van der Waals surface area contributed by atoms with Gasteiger partial charge in [-0.3, -0.25) is 19.8 Å². The minimum absolute atomic E-state index is 0.0938. The molecule has 0 atom stereocenters. The number of furan rings is 1. The van der Waals surface area contributed by atoms with Gasteiger partial charge in [0.05, 0.1) is 19.9 Å². The molecule has 0 spiro atoms. The van der Waals surface area contributed by atoms with E-state index in [4.69, 9.17) is 18.6 Å². The molecule has 0 radical (unpaired) electrons. The first-order chi connectivity index (χ1) is 16.5. The third-order valence-corrected chi connectivity index (χ3v) is 4.93. The fraction of sp³-hybridized carbons (Fsp3) is 0.160. The van der Waals surface area contributed by atoms with Crippen LogP contribution >= 0.6 is 0 Å². The summed E-state index contributed by atoms with van der Waals surface area (Å²) in [5, 5.41) is 2.18. The summed E-state index contributed by atoms with van der Waals surface area (Å²) in [4.78, 5) is 38.3. The zero-order valence-corrected chi connectivity index (χ0v) is 18.4. The van der Waals surface area contributed by atoms with E-state index in [1.54, 1.807) is 30.3 Å². The Morgan fingerprint density at radius 1 is 0.941 bits per heavy atom. The van der Waals surface area contributed by atoms with Crippen LogP contribution in [0.3, 0.4) is 0 Å². The number of urea groups is 1. The Labute approximate surface area is 195 Å². The summed E-state index contributed by atoms with van der Waals surface area (Å²) in [5.41, 5.74) is 0.341. The first-order valence-electron chi connectivity index (χ1n) is 10.4. The lowest BCUT2D eigenvalue weighted by Crippen LogP contribution is -2.53. The number of nitrogens with one attached hydrogen (secondary N) is 1. The van der Waals surface area contributed by atoms with Gasteiger partial charge in [-0.25, -0.2) is 4.79 Å². The number of nitrogens with zero attached hydrogens (tertiary/aromatic N) is 1.